The first kappa shape index (κ1) is 10.7. The molecule has 2 N–H and O–H groups in total. The molecule has 0 saturated heterocycles. The fraction of sp³-hybridized carbons (Fsp3) is 0.333. The highest BCUT2D eigenvalue weighted by atomic mass is 32.2. The van der Waals surface area contributed by atoms with E-state index in [1.165, 1.54) is 0 Å². The van der Waals surface area contributed by atoms with Gasteiger partial charge in [-0.1, -0.05) is 0 Å². The van der Waals surface area contributed by atoms with Gasteiger partial charge in [0.2, 0.25) is 0 Å². The second kappa shape index (κ2) is 3.07. The molecular weight excluding hydrogens is 216 g/mol. The number of carboxylic acids is 1. The molecule has 0 spiro atoms. The largest absolute Gasteiger partial charge is 0.481 e. The van der Waals surface area contributed by atoms with E-state index < -0.39 is 33.4 Å². The lowest BCUT2D eigenvalue weighted by Crippen LogP contribution is -2.39. The van der Waals surface area contributed by atoms with Crippen molar-refractivity contribution in [1.82, 2.24) is 0 Å². The molecule has 0 aromatic carbocycles. The van der Waals surface area contributed by atoms with Gasteiger partial charge in [-0.15, -0.1) is 0 Å². The third-order valence-electron chi connectivity index (χ3n) is 1.58. The first-order chi connectivity index (χ1) is 6.27. The fourth-order valence-corrected chi connectivity index (χ4v) is 1.70. The first-order valence-electron chi connectivity index (χ1n) is 3.38. The van der Waals surface area contributed by atoms with Crippen molar-refractivity contribution in [3.8, 4) is 0 Å². The average molecular weight is 222 g/mol. The van der Waals surface area contributed by atoms with Crippen LogP contribution in [0, 0.1) is 0 Å². The van der Waals surface area contributed by atoms with Crippen molar-refractivity contribution >= 4 is 22.1 Å². The number of hydrogen-bond acceptors (Lipinski definition) is 5. The van der Waals surface area contributed by atoms with Gasteiger partial charge in [0.15, 0.2) is 0 Å². The molecule has 7 nitrogen and oxygen atoms in total. The molecule has 1 rings (SSSR count). The van der Waals surface area contributed by atoms with Crippen molar-refractivity contribution < 1.29 is 32.4 Å². The number of carboxylic acid groups (broad SMARTS) is 1. The molecule has 0 aliphatic carbocycles. The number of cyclic esters (lactones) is 1. The molecule has 0 bridgehead atoms. The van der Waals surface area contributed by atoms with Crippen LogP contribution in [-0.4, -0.2) is 34.9 Å². The summed E-state index contributed by atoms with van der Waals surface area (Å²) in [5.74, 6) is -2.52. The van der Waals surface area contributed by atoms with Crippen molar-refractivity contribution in [2.75, 3.05) is 0 Å². The highest BCUT2D eigenvalue weighted by Crippen LogP contribution is 2.29. The summed E-state index contributed by atoms with van der Waals surface area (Å²) in [6.45, 7) is 0. The van der Waals surface area contributed by atoms with E-state index in [2.05, 4.69) is 4.74 Å². The monoisotopic (exact) mass is 222 g/mol. The molecule has 0 amide bonds. The SMILES string of the molecule is O=C(O)CC1(S(=O)(=O)O)C=CC(=O)O1. The van der Waals surface area contributed by atoms with Crippen molar-refractivity contribution in [3.63, 3.8) is 0 Å². The minimum atomic E-state index is -4.80. The highest BCUT2D eigenvalue weighted by molar-refractivity contribution is 7.87. The van der Waals surface area contributed by atoms with Gasteiger partial charge in [-0.25, -0.2) is 4.79 Å². The molecule has 0 saturated carbocycles. The predicted molar refractivity (Wildman–Crippen MR) is 41.8 cm³/mol. The Kier molecular flexibility index (Phi) is 2.34. The van der Waals surface area contributed by atoms with Crippen molar-refractivity contribution in [3.05, 3.63) is 12.2 Å². The summed E-state index contributed by atoms with van der Waals surface area (Å²) in [6, 6.07) is 0. The zero-order valence-corrected chi connectivity index (χ0v) is 7.52. The Labute approximate surface area is 78.7 Å². The van der Waals surface area contributed by atoms with Crippen LogP contribution in [-0.2, 0) is 24.4 Å². The maximum atomic E-state index is 10.8. The molecule has 1 aliphatic rings. The summed E-state index contributed by atoms with van der Waals surface area (Å²) in [5, 5.41) is 8.39. The van der Waals surface area contributed by atoms with E-state index in [1.807, 2.05) is 0 Å². The van der Waals surface area contributed by atoms with Crippen molar-refractivity contribution in [2.24, 2.45) is 0 Å². The van der Waals surface area contributed by atoms with E-state index in [0.717, 1.165) is 6.08 Å². The summed E-state index contributed by atoms with van der Waals surface area (Å²) in [4.78, 5) is 18.4. The van der Waals surface area contributed by atoms with Crippen LogP contribution < -0.4 is 0 Å². The van der Waals surface area contributed by atoms with Crippen LogP contribution in [0.4, 0.5) is 0 Å². The second-order valence-corrected chi connectivity index (χ2v) is 4.25. The van der Waals surface area contributed by atoms with E-state index in [1.54, 1.807) is 0 Å². The summed E-state index contributed by atoms with van der Waals surface area (Å²) < 4.78 is 34.6. The molecule has 1 aliphatic heterocycles. The second-order valence-electron chi connectivity index (χ2n) is 2.61. The van der Waals surface area contributed by atoms with Gasteiger partial charge in [-0.2, -0.15) is 8.42 Å². The van der Waals surface area contributed by atoms with E-state index in [9.17, 15) is 18.0 Å². The molecule has 1 atom stereocenters. The molecule has 14 heavy (non-hydrogen) atoms. The van der Waals surface area contributed by atoms with Crippen LogP contribution >= 0.6 is 0 Å². The number of rotatable bonds is 3. The number of esters is 1. The predicted octanol–water partition coefficient (Wildman–Crippen LogP) is -0.842. The third kappa shape index (κ3) is 1.75. The lowest BCUT2D eigenvalue weighted by Gasteiger charge is -2.20. The summed E-state index contributed by atoms with van der Waals surface area (Å²) in [5.41, 5.74) is 0. The van der Waals surface area contributed by atoms with Gasteiger partial charge in [-0.05, 0) is 6.08 Å². The van der Waals surface area contributed by atoms with Gasteiger partial charge < -0.3 is 9.84 Å². The van der Waals surface area contributed by atoms with Crippen LogP contribution in [0.1, 0.15) is 6.42 Å². The molecular formula is C6H6O7S. The Morgan fingerprint density at radius 2 is 2.14 bits per heavy atom. The van der Waals surface area contributed by atoms with Gasteiger partial charge in [0.05, 0.1) is 0 Å². The molecule has 78 valence electrons. The lowest BCUT2D eigenvalue weighted by molar-refractivity contribution is -0.147. The minimum absolute atomic E-state index is 0.707. The highest BCUT2D eigenvalue weighted by Gasteiger charge is 2.49. The standard InChI is InChI=1S/C6H6O7S/c7-4(8)3-6(14(10,11)12)2-1-5(9)13-6/h1-2H,3H2,(H,7,8)(H,10,11,12). The Balaban J connectivity index is 3.12. The third-order valence-corrected chi connectivity index (χ3v) is 2.82. The lowest BCUT2D eigenvalue weighted by atomic mass is 10.2. The Bertz CT molecular complexity index is 406. The number of hydrogen-bond donors (Lipinski definition) is 2. The minimum Gasteiger partial charge on any atom is -0.481 e. The van der Waals surface area contributed by atoms with Crippen LogP contribution in [0.2, 0.25) is 0 Å². The fourth-order valence-electron chi connectivity index (χ4n) is 0.969. The smallest absolute Gasteiger partial charge is 0.332 e. The van der Waals surface area contributed by atoms with E-state index >= 15 is 0 Å². The van der Waals surface area contributed by atoms with Gasteiger partial charge in [-0.3, -0.25) is 9.35 Å². The van der Waals surface area contributed by atoms with Crippen molar-refractivity contribution in [2.45, 2.75) is 11.4 Å². The Morgan fingerprint density at radius 3 is 2.43 bits per heavy atom. The number of ether oxygens (including phenoxy) is 1. The van der Waals surface area contributed by atoms with Gasteiger partial charge in [0, 0.05) is 6.08 Å². The molecule has 0 radical (unpaired) electrons. The number of carbonyl (C=O) groups excluding carboxylic acids is 1. The molecule has 1 unspecified atom stereocenters. The topological polar surface area (TPSA) is 118 Å². The Hall–Kier alpha value is -1.41. The molecule has 1 heterocycles. The van der Waals surface area contributed by atoms with Crippen LogP contribution in [0.25, 0.3) is 0 Å². The molecule has 0 aromatic heterocycles. The van der Waals surface area contributed by atoms with E-state index in [4.69, 9.17) is 9.66 Å². The normalized spacial score (nSPS) is 26.2. The maximum Gasteiger partial charge on any atom is 0.332 e. The Morgan fingerprint density at radius 1 is 1.57 bits per heavy atom. The molecule has 8 heteroatoms. The van der Waals surface area contributed by atoms with E-state index in [-0.39, 0.29) is 0 Å². The summed E-state index contributed by atoms with van der Waals surface area (Å²) >= 11 is 0. The van der Waals surface area contributed by atoms with Gasteiger partial charge in [0.1, 0.15) is 6.42 Å². The van der Waals surface area contributed by atoms with Crippen LogP contribution in [0.3, 0.4) is 0 Å². The van der Waals surface area contributed by atoms with Gasteiger partial charge in [0.25, 0.3) is 4.93 Å². The molecule has 0 aromatic rings. The van der Waals surface area contributed by atoms with Crippen LogP contribution in [0.5, 0.6) is 0 Å². The summed E-state index contributed by atoms with van der Waals surface area (Å²) in [7, 11) is -4.80. The summed E-state index contributed by atoms with van der Waals surface area (Å²) in [6.07, 6.45) is 0.420. The zero-order valence-electron chi connectivity index (χ0n) is 6.71. The molecule has 0 fully saturated rings. The average Bonchev–Trinajstić information content (AvgIpc) is 2.29. The van der Waals surface area contributed by atoms with Crippen molar-refractivity contribution in [1.29, 1.82) is 0 Å². The number of carbonyl (C=O) groups is 2. The van der Waals surface area contributed by atoms with E-state index in [0.29, 0.717) is 6.08 Å². The quantitative estimate of drug-likeness (QED) is 0.472. The van der Waals surface area contributed by atoms with Crippen LogP contribution in [0.15, 0.2) is 12.2 Å². The first-order valence-corrected chi connectivity index (χ1v) is 4.82. The zero-order chi connectivity index (χ0) is 11.0. The maximum absolute atomic E-state index is 10.8. The number of aliphatic carboxylic acids is 1. The van der Waals surface area contributed by atoms with Gasteiger partial charge >= 0.3 is 22.1 Å².